The van der Waals surface area contributed by atoms with Crippen molar-refractivity contribution in [2.75, 3.05) is 50.7 Å². The van der Waals surface area contributed by atoms with Crippen LogP contribution in [0.1, 0.15) is 32.6 Å². The highest BCUT2D eigenvalue weighted by Gasteiger charge is 2.23. The molecule has 5 heteroatoms. The Kier molecular flexibility index (Phi) is 7.18. The molecule has 0 spiro atoms. The molecule has 2 aliphatic heterocycles. The second-order valence-electron chi connectivity index (χ2n) is 7.99. The van der Waals surface area contributed by atoms with Gasteiger partial charge in [-0.3, -0.25) is 0 Å². The third-order valence-electron chi connectivity index (χ3n) is 5.59. The van der Waals surface area contributed by atoms with E-state index >= 15 is 0 Å². The predicted molar refractivity (Wildman–Crippen MR) is 108 cm³/mol. The molecule has 1 aromatic rings. The lowest BCUT2D eigenvalue weighted by Gasteiger charge is -2.29. The second-order valence-corrected chi connectivity index (χ2v) is 7.99. The number of para-hydroxylation sites is 1. The Morgan fingerprint density at radius 2 is 1.88 bits per heavy atom. The number of piperidine rings is 1. The van der Waals surface area contributed by atoms with Crippen LogP contribution in [0.4, 0.5) is 10.5 Å². The van der Waals surface area contributed by atoms with Crippen molar-refractivity contribution in [2.24, 2.45) is 11.8 Å². The summed E-state index contributed by atoms with van der Waals surface area (Å²) in [5.41, 5.74) is 1.28. The third-order valence-corrected chi connectivity index (χ3v) is 5.59. The molecule has 144 valence electrons. The van der Waals surface area contributed by atoms with Crippen LogP contribution < -0.4 is 15.5 Å². The predicted octanol–water partition coefficient (Wildman–Crippen LogP) is 2.93. The first kappa shape index (κ1) is 19.0. The van der Waals surface area contributed by atoms with Gasteiger partial charge in [-0.25, -0.2) is 4.79 Å². The van der Waals surface area contributed by atoms with E-state index in [0.29, 0.717) is 11.8 Å². The zero-order valence-corrected chi connectivity index (χ0v) is 16.1. The third kappa shape index (κ3) is 5.90. The van der Waals surface area contributed by atoms with Crippen LogP contribution in [0.25, 0.3) is 0 Å². The van der Waals surface area contributed by atoms with Crippen molar-refractivity contribution in [3.63, 3.8) is 0 Å². The van der Waals surface area contributed by atoms with Crippen LogP contribution in [0.15, 0.2) is 30.3 Å². The summed E-state index contributed by atoms with van der Waals surface area (Å²) < 4.78 is 0. The Morgan fingerprint density at radius 3 is 2.65 bits per heavy atom. The maximum absolute atomic E-state index is 12.1. The van der Waals surface area contributed by atoms with Gasteiger partial charge in [0.25, 0.3) is 0 Å². The molecular weight excluding hydrogens is 324 g/mol. The normalized spacial score (nSPS) is 22.2. The van der Waals surface area contributed by atoms with Crippen LogP contribution in [0, 0.1) is 11.8 Å². The number of carbonyl (C=O) groups excluding carboxylic acids is 1. The number of anilines is 1. The van der Waals surface area contributed by atoms with E-state index in [9.17, 15) is 4.79 Å². The molecule has 0 aliphatic carbocycles. The van der Waals surface area contributed by atoms with Gasteiger partial charge in [0.2, 0.25) is 0 Å². The summed E-state index contributed by atoms with van der Waals surface area (Å²) in [6, 6.07) is 10.5. The number of urea groups is 1. The van der Waals surface area contributed by atoms with Gasteiger partial charge in [-0.15, -0.1) is 0 Å². The summed E-state index contributed by atoms with van der Waals surface area (Å²) in [5, 5.41) is 6.11. The van der Waals surface area contributed by atoms with Crippen molar-refractivity contribution >= 4 is 11.7 Å². The van der Waals surface area contributed by atoms with E-state index in [1.807, 2.05) is 0 Å². The summed E-state index contributed by atoms with van der Waals surface area (Å²) >= 11 is 0. The zero-order valence-electron chi connectivity index (χ0n) is 16.1. The molecule has 2 saturated heterocycles. The summed E-state index contributed by atoms with van der Waals surface area (Å²) in [5.74, 6) is 1.03. The van der Waals surface area contributed by atoms with Gasteiger partial charge in [0, 0.05) is 38.4 Å². The number of nitrogens with one attached hydrogen (secondary N) is 2. The molecular formula is C21H34N4O. The maximum Gasteiger partial charge on any atom is 0.314 e. The first-order valence-corrected chi connectivity index (χ1v) is 10.2. The molecule has 1 aromatic carbocycles. The first-order valence-electron chi connectivity index (χ1n) is 10.2. The first-order chi connectivity index (χ1) is 12.7. The molecule has 2 amide bonds. The van der Waals surface area contributed by atoms with Gasteiger partial charge in [-0.2, -0.15) is 0 Å². The van der Waals surface area contributed by atoms with Crippen LogP contribution >= 0.6 is 0 Å². The average molecular weight is 359 g/mol. The minimum Gasteiger partial charge on any atom is -0.371 e. The Balaban J connectivity index is 1.29. The SMILES string of the molecule is C[C@H](CNC(=O)NC[C@H]1CCN(c2ccccc2)C1)CN1CCCCC1. The fraction of sp³-hybridized carbons (Fsp3) is 0.667. The van der Waals surface area contributed by atoms with Gasteiger partial charge >= 0.3 is 6.03 Å². The number of hydrogen-bond donors (Lipinski definition) is 2. The molecule has 2 atom stereocenters. The maximum atomic E-state index is 12.1. The highest BCUT2D eigenvalue weighted by molar-refractivity contribution is 5.73. The van der Waals surface area contributed by atoms with Crippen molar-refractivity contribution in [1.82, 2.24) is 15.5 Å². The monoisotopic (exact) mass is 358 g/mol. The van der Waals surface area contributed by atoms with E-state index in [1.54, 1.807) is 0 Å². The molecule has 3 rings (SSSR count). The number of likely N-dealkylation sites (tertiary alicyclic amines) is 1. The molecule has 2 aliphatic rings. The largest absolute Gasteiger partial charge is 0.371 e. The molecule has 2 N–H and O–H groups in total. The molecule has 2 heterocycles. The number of rotatable bonds is 7. The number of benzene rings is 1. The number of nitrogens with zero attached hydrogens (tertiary/aromatic N) is 2. The lowest BCUT2D eigenvalue weighted by Crippen LogP contribution is -2.42. The average Bonchev–Trinajstić information content (AvgIpc) is 3.15. The number of carbonyl (C=O) groups is 1. The topological polar surface area (TPSA) is 47.6 Å². The Hall–Kier alpha value is -1.75. The van der Waals surface area contributed by atoms with Crippen LogP contribution in [0.2, 0.25) is 0 Å². The molecule has 0 bridgehead atoms. The van der Waals surface area contributed by atoms with Crippen molar-refractivity contribution in [1.29, 1.82) is 0 Å². The molecule has 5 nitrogen and oxygen atoms in total. The van der Waals surface area contributed by atoms with Crippen LogP contribution in [0.3, 0.4) is 0 Å². The number of amides is 2. The van der Waals surface area contributed by atoms with Crippen LogP contribution in [0.5, 0.6) is 0 Å². The summed E-state index contributed by atoms with van der Waals surface area (Å²) in [4.78, 5) is 17.0. The van der Waals surface area contributed by atoms with Gasteiger partial charge in [0.1, 0.15) is 0 Å². The molecule has 0 unspecified atom stereocenters. The molecule has 0 saturated carbocycles. The van der Waals surface area contributed by atoms with Crippen molar-refractivity contribution in [3.8, 4) is 0 Å². The van der Waals surface area contributed by atoms with E-state index in [1.165, 1.54) is 38.0 Å². The van der Waals surface area contributed by atoms with E-state index in [4.69, 9.17) is 0 Å². The van der Waals surface area contributed by atoms with Crippen LogP contribution in [-0.4, -0.2) is 56.7 Å². The van der Waals surface area contributed by atoms with E-state index in [0.717, 1.165) is 39.1 Å². The fourth-order valence-corrected chi connectivity index (χ4v) is 4.09. The van der Waals surface area contributed by atoms with Crippen LogP contribution in [-0.2, 0) is 0 Å². The standard InChI is InChI=1S/C21H34N4O/c1-18(16-24-11-6-3-7-12-24)14-22-21(26)23-15-19-10-13-25(17-19)20-8-4-2-5-9-20/h2,4-5,8-9,18-19H,3,6-7,10-17H2,1H3,(H2,22,23,26)/t18-,19-/m1/s1. The van der Waals surface area contributed by atoms with Crippen molar-refractivity contribution < 1.29 is 4.79 Å². The Bertz CT molecular complexity index is 544. The highest BCUT2D eigenvalue weighted by Crippen LogP contribution is 2.22. The Labute approximate surface area is 158 Å². The van der Waals surface area contributed by atoms with E-state index < -0.39 is 0 Å². The van der Waals surface area contributed by atoms with Gasteiger partial charge in [0.05, 0.1) is 0 Å². The lowest BCUT2D eigenvalue weighted by atomic mass is 10.1. The van der Waals surface area contributed by atoms with Crippen molar-refractivity contribution in [3.05, 3.63) is 30.3 Å². The quantitative estimate of drug-likeness (QED) is 0.788. The smallest absolute Gasteiger partial charge is 0.314 e. The summed E-state index contributed by atoms with van der Waals surface area (Å²) in [6.07, 6.45) is 5.15. The zero-order chi connectivity index (χ0) is 18.2. The fourth-order valence-electron chi connectivity index (χ4n) is 4.09. The van der Waals surface area contributed by atoms with Gasteiger partial charge in [0.15, 0.2) is 0 Å². The van der Waals surface area contributed by atoms with Gasteiger partial charge in [-0.1, -0.05) is 31.5 Å². The second kappa shape index (κ2) is 9.81. The molecule has 2 fully saturated rings. The molecule has 0 aromatic heterocycles. The van der Waals surface area contributed by atoms with Gasteiger partial charge < -0.3 is 20.4 Å². The summed E-state index contributed by atoms with van der Waals surface area (Å²) in [6.45, 7) is 9.37. The Morgan fingerprint density at radius 1 is 1.12 bits per heavy atom. The van der Waals surface area contributed by atoms with E-state index in [2.05, 4.69) is 57.7 Å². The minimum absolute atomic E-state index is 0.0198. The minimum atomic E-state index is -0.0198. The van der Waals surface area contributed by atoms with Gasteiger partial charge in [-0.05, 0) is 56.3 Å². The molecule has 26 heavy (non-hydrogen) atoms. The highest BCUT2D eigenvalue weighted by atomic mass is 16.2. The number of hydrogen-bond acceptors (Lipinski definition) is 3. The van der Waals surface area contributed by atoms with E-state index in [-0.39, 0.29) is 6.03 Å². The lowest BCUT2D eigenvalue weighted by molar-refractivity contribution is 0.197. The summed E-state index contributed by atoms with van der Waals surface area (Å²) in [7, 11) is 0. The molecule has 0 radical (unpaired) electrons. The van der Waals surface area contributed by atoms with Crippen molar-refractivity contribution in [2.45, 2.75) is 32.6 Å².